The van der Waals surface area contributed by atoms with Gasteiger partial charge in [-0.1, -0.05) is 27.7 Å². The molecule has 14 nitrogen and oxygen atoms in total. The number of nitrogens with zero attached hydrogens (tertiary/aromatic N) is 1. The van der Waals surface area contributed by atoms with Crippen LogP contribution < -0.4 is 0 Å². The minimum Gasteiger partial charge on any atom is -0.459 e. The van der Waals surface area contributed by atoms with E-state index in [0.717, 1.165) is 0 Å². The molecule has 0 aromatic carbocycles. The number of rotatable bonds is 9. The van der Waals surface area contributed by atoms with Gasteiger partial charge in [0.1, 0.15) is 29.7 Å². The Morgan fingerprint density at radius 2 is 1.45 bits per heavy atom. The Labute approximate surface area is 317 Å². The molecule has 3 aliphatic heterocycles. The summed E-state index contributed by atoms with van der Waals surface area (Å²) in [5, 5.41) is 34.5. The molecule has 3 fully saturated rings. The molecule has 0 unspecified atom stereocenters. The van der Waals surface area contributed by atoms with Gasteiger partial charge in [0.2, 0.25) is 0 Å². The monoisotopic (exact) mass is 761 g/mol. The second-order valence-electron chi connectivity index (χ2n) is 16.8. The van der Waals surface area contributed by atoms with Crippen molar-refractivity contribution in [1.82, 2.24) is 4.90 Å². The predicted octanol–water partition coefficient (Wildman–Crippen LogP) is 3.09. The van der Waals surface area contributed by atoms with Crippen molar-refractivity contribution in [3.63, 3.8) is 0 Å². The second kappa shape index (κ2) is 18.3. The highest BCUT2D eigenvalue weighted by molar-refractivity contribution is 5.83. The molecule has 0 spiro atoms. The molecule has 3 saturated heterocycles. The third-order valence-electron chi connectivity index (χ3n) is 12.5. The zero-order valence-corrected chi connectivity index (χ0v) is 34.9. The minimum absolute atomic E-state index is 0.144. The molecular formula is C39H71NO13. The molecule has 3 rings (SSSR count). The molecule has 18 atom stereocenters. The summed E-state index contributed by atoms with van der Waals surface area (Å²) in [5.74, 6) is -3.88. The first kappa shape index (κ1) is 46.1. The number of methoxy groups -OCH3 is 3. The van der Waals surface area contributed by atoms with Gasteiger partial charge in [0.25, 0.3) is 0 Å². The van der Waals surface area contributed by atoms with Crippen LogP contribution in [0.3, 0.4) is 0 Å². The number of ether oxygens (including phenoxy) is 8. The highest BCUT2D eigenvalue weighted by Crippen LogP contribution is 2.42. The Morgan fingerprint density at radius 1 is 0.849 bits per heavy atom. The standard InChI is InChI=1S/C39H71NO13/c1-16-27-39(10,45)34(46-13)22(4)29(41)20(2)18-38(9,48-15)33(53-36-30(42)26(40(11)12)17-21(3)49-36)23(5)31(24(6)35(44)51-27)52-28-19-37(8,47-14)32(43)25(7)50-28/h20-28,30-34,36,42-43,45H,16-19H2,1-15H3/t20-,21-,22+,23-,24-,25+,26+,27-,28+,30-,31+,32+,33-,34+,36+,37-,38-,39-/m1/s1. The van der Waals surface area contributed by atoms with Crippen molar-refractivity contribution >= 4 is 11.8 Å². The Balaban J connectivity index is 2.24. The number of cyclic esters (lactones) is 1. The third kappa shape index (κ3) is 9.81. The normalized spacial score (nSPS) is 48.3. The number of hydrogen-bond acceptors (Lipinski definition) is 14. The van der Waals surface area contributed by atoms with Crippen molar-refractivity contribution in [2.75, 3.05) is 35.4 Å². The van der Waals surface area contributed by atoms with Gasteiger partial charge in [-0.15, -0.1) is 0 Å². The second-order valence-corrected chi connectivity index (χ2v) is 16.8. The van der Waals surface area contributed by atoms with Crippen molar-refractivity contribution in [3.8, 4) is 0 Å². The van der Waals surface area contributed by atoms with Crippen LogP contribution in [0.4, 0.5) is 0 Å². The van der Waals surface area contributed by atoms with E-state index < -0.39 is 102 Å². The van der Waals surface area contributed by atoms with E-state index in [1.165, 1.54) is 28.3 Å². The number of hydrogen-bond donors (Lipinski definition) is 3. The Kier molecular flexibility index (Phi) is 15.9. The summed E-state index contributed by atoms with van der Waals surface area (Å²) in [4.78, 5) is 30.5. The van der Waals surface area contributed by atoms with E-state index >= 15 is 0 Å². The zero-order chi connectivity index (χ0) is 40.4. The van der Waals surface area contributed by atoms with Gasteiger partial charge in [0, 0.05) is 51.5 Å². The molecule has 0 amide bonds. The van der Waals surface area contributed by atoms with Crippen LogP contribution in [0.2, 0.25) is 0 Å². The lowest BCUT2D eigenvalue weighted by Gasteiger charge is -2.50. The van der Waals surface area contributed by atoms with Crippen LogP contribution >= 0.6 is 0 Å². The van der Waals surface area contributed by atoms with Gasteiger partial charge >= 0.3 is 5.97 Å². The van der Waals surface area contributed by atoms with Crippen LogP contribution in [0.25, 0.3) is 0 Å². The maximum atomic E-state index is 14.3. The number of ketones is 1. The third-order valence-corrected chi connectivity index (χ3v) is 12.5. The van der Waals surface area contributed by atoms with Crippen molar-refractivity contribution in [2.24, 2.45) is 23.7 Å². The minimum atomic E-state index is -1.73. The summed E-state index contributed by atoms with van der Waals surface area (Å²) in [5.41, 5.74) is -3.96. The van der Waals surface area contributed by atoms with E-state index in [-0.39, 0.29) is 37.2 Å². The fraction of sp³-hybridized carbons (Fsp3) is 0.949. The Bertz CT molecular complexity index is 1200. The van der Waals surface area contributed by atoms with E-state index in [9.17, 15) is 24.9 Å². The molecule has 14 heteroatoms. The summed E-state index contributed by atoms with van der Waals surface area (Å²) in [6.45, 7) is 17.7. The van der Waals surface area contributed by atoms with Crippen LogP contribution in [0.5, 0.6) is 0 Å². The molecule has 53 heavy (non-hydrogen) atoms. The zero-order valence-electron chi connectivity index (χ0n) is 34.9. The van der Waals surface area contributed by atoms with E-state index in [4.69, 9.17) is 37.9 Å². The van der Waals surface area contributed by atoms with Crippen LogP contribution in [0, 0.1) is 23.7 Å². The van der Waals surface area contributed by atoms with Crippen LogP contribution in [0.15, 0.2) is 0 Å². The van der Waals surface area contributed by atoms with E-state index in [1.54, 1.807) is 34.6 Å². The number of Topliss-reactive ketones (excluding diaryl/α,β-unsaturated/α-hetero) is 1. The van der Waals surface area contributed by atoms with Crippen LogP contribution in [-0.4, -0.2) is 152 Å². The van der Waals surface area contributed by atoms with Crippen molar-refractivity contribution in [2.45, 2.75) is 179 Å². The average molecular weight is 762 g/mol. The lowest BCUT2D eigenvalue weighted by atomic mass is 9.73. The van der Waals surface area contributed by atoms with Gasteiger partial charge < -0.3 is 58.1 Å². The lowest BCUT2D eigenvalue weighted by molar-refractivity contribution is -0.319. The van der Waals surface area contributed by atoms with Crippen LogP contribution in [0.1, 0.15) is 94.9 Å². The van der Waals surface area contributed by atoms with Gasteiger partial charge in [0.05, 0.1) is 47.6 Å². The summed E-state index contributed by atoms with van der Waals surface area (Å²) >= 11 is 0. The molecule has 3 N–H and O–H groups in total. The topological polar surface area (TPSA) is 172 Å². The average Bonchev–Trinajstić information content (AvgIpc) is 3.10. The number of aliphatic hydroxyl groups is 3. The molecule has 0 saturated carbocycles. The quantitative estimate of drug-likeness (QED) is 0.293. The maximum absolute atomic E-state index is 14.3. The van der Waals surface area contributed by atoms with Gasteiger partial charge in [-0.2, -0.15) is 0 Å². The van der Waals surface area contributed by atoms with Crippen molar-refractivity contribution < 1.29 is 62.8 Å². The number of likely N-dealkylation sites (N-methyl/N-ethyl adjacent to an activating group) is 1. The summed E-state index contributed by atoms with van der Waals surface area (Å²) < 4.78 is 50.0. The SMILES string of the molecule is CC[C@H]1OC(=O)[C@H](C)[C@@H](O[C@H]2C[C@@](C)(OC)[C@@H](O)[C@H](C)O2)[C@@H](C)[C@@H](O[C@@H]2O[C@H](C)C[C@H](N(C)C)[C@H]2O)[C@](C)(OC)C[C@@H](C)C(=O)[C@H](C)[C@H](OC)[C@]1(C)O. The van der Waals surface area contributed by atoms with Crippen molar-refractivity contribution in [3.05, 3.63) is 0 Å². The maximum Gasteiger partial charge on any atom is 0.311 e. The summed E-state index contributed by atoms with van der Waals surface area (Å²) in [6.07, 6.45) is -7.72. The molecule has 0 aromatic rings. The van der Waals surface area contributed by atoms with Crippen molar-refractivity contribution in [1.29, 1.82) is 0 Å². The number of carbonyl (C=O) groups excluding carboxylic acids is 2. The molecular weight excluding hydrogens is 690 g/mol. The highest BCUT2D eigenvalue weighted by atomic mass is 16.7. The smallest absolute Gasteiger partial charge is 0.311 e. The number of carbonyl (C=O) groups is 2. The fourth-order valence-corrected chi connectivity index (χ4v) is 9.01. The summed E-state index contributed by atoms with van der Waals surface area (Å²) in [7, 11) is 8.26. The van der Waals surface area contributed by atoms with Gasteiger partial charge in [-0.3, -0.25) is 9.59 Å². The van der Waals surface area contributed by atoms with Gasteiger partial charge in [-0.05, 0) is 74.9 Å². The number of aliphatic hydroxyl groups excluding tert-OH is 2. The van der Waals surface area contributed by atoms with Gasteiger partial charge in [-0.25, -0.2) is 0 Å². The molecule has 3 aliphatic rings. The first-order chi connectivity index (χ1) is 24.5. The number of esters is 1. The van der Waals surface area contributed by atoms with E-state index in [2.05, 4.69) is 0 Å². The lowest BCUT2D eigenvalue weighted by Crippen LogP contribution is -2.61. The molecule has 0 aromatic heterocycles. The molecule has 0 aliphatic carbocycles. The molecule has 0 bridgehead atoms. The van der Waals surface area contributed by atoms with Gasteiger partial charge in [0.15, 0.2) is 12.6 Å². The van der Waals surface area contributed by atoms with Crippen LogP contribution in [-0.2, 0) is 47.5 Å². The van der Waals surface area contributed by atoms with E-state index in [0.29, 0.717) is 6.42 Å². The molecule has 0 radical (unpaired) electrons. The van der Waals surface area contributed by atoms with E-state index in [1.807, 2.05) is 46.7 Å². The Morgan fingerprint density at radius 3 is 1.98 bits per heavy atom. The Hall–Kier alpha value is -1.30. The largest absolute Gasteiger partial charge is 0.459 e. The molecule has 3 heterocycles. The predicted molar refractivity (Wildman–Crippen MR) is 196 cm³/mol. The molecule has 310 valence electrons. The fourth-order valence-electron chi connectivity index (χ4n) is 9.01. The first-order valence-electron chi connectivity index (χ1n) is 19.3. The first-order valence-corrected chi connectivity index (χ1v) is 19.3. The summed E-state index contributed by atoms with van der Waals surface area (Å²) in [6, 6.07) is -0.270. The highest BCUT2D eigenvalue weighted by Gasteiger charge is 2.54.